The summed E-state index contributed by atoms with van der Waals surface area (Å²) in [6.07, 6.45) is 9.79. The van der Waals surface area contributed by atoms with E-state index in [1.165, 1.54) is 11.1 Å². The Balaban J connectivity index is 0.926. The Hall–Kier alpha value is -8.34. The molecule has 4 nitrogen and oxygen atoms in total. The number of hydrogen-bond donors (Lipinski definition) is 0. The van der Waals surface area contributed by atoms with Crippen molar-refractivity contribution in [3.05, 3.63) is 273 Å². The summed E-state index contributed by atoms with van der Waals surface area (Å²) in [4.78, 5) is 9.37. The Kier molecular flexibility index (Phi) is 11.6. The van der Waals surface area contributed by atoms with E-state index < -0.39 is 0 Å². The molecule has 1 aliphatic carbocycles. The molecule has 0 saturated heterocycles. The van der Waals surface area contributed by atoms with Crippen LogP contribution in [0.25, 0.3) is 11.1 Å². The van der Waals surface area contributed by atoms with Gasteiger partial charge in [0.1, 0.15) is 0 Å². The SMILES string of the molecule is C1=CCC(N(c2ccc(-c3ccc(N(c4ccccc4)c4ccc(N(c5ccccc5)c5ccccc5)cc4)cc3)cc2)c2ccc(N(c3ccccc3)c3ccccc3)cc2)C=C1. The van der Waals surface area contributed by atoms with Crippen molar-refractivity contribution in [2.24, 2.45) is 0 Å². The highest BCUT2D eigenvalue weighted by Crippen LogP contribution is 2.41. The van der Waals surface area contributed by atoms with Crippen molar-refractivity contribution in [3.63, 3.8) is 0 Å². The van der Waals surface area contributed by atoms with Gasteiger partial charge >= 0.3 is 0 Å². The Morgan fingerprint density at radius 3 is 0.781 bits per heavy atom. The van der Waals surface area contributed by atoms with Crippen molar-refractivity contribution in [2.75, 3.05) is 19.6 Å². The van der Waals surface area contributed by atoms with Gasteiger partial charge in [-0.2, -0.15) is 0 Å². The zero-order chi connectivity index (χ0) is 42.9. The fourth-order valence-corrected chi connectivity index (χ4v) is 8.65. The molecule has 0 heterocycles. The molecule has 0 aromatic heterocycles. The normalized spacial score (nSPS) is 13.0. The molecule has 1 aliphatic rings. The van der Waals surface area contributed by atoms with E-state index >= 15 is 0 Å². The highest BCUT2D eigenvalue weighted by molar-refractivity contribution is 5.83. The van der Waals surface area contributed by atoms with E-state index in [4.69, 9.17) is 0 Å². The fraction of sp³-hybridized carbons (Fsp3) is 0.0333. The summed E-state index contributed by atoms with van der Waals surface area (Å²) in [7, 11) is 0. The van der Waals surface area contributed by atoms with E-state index in [1.54, 1.807) is 0 Å². The van der Waals surface area contributed by atoms with Crippen LogP contribution in [0.1, 0.15) is 6.42 Å². The van der Waals surface area contributed by atoms with Gasteiger partial charge in [0.25, 0.3) is 0 Å². The quantitative estimate of drug-likeness (QED) is 0.115. The van der Waals surface area contributed by atoms with E-state index in [-0.39, 0.29) is 6.04 Å². The largest absolute Gasteiger partial charge is 0.334 e. The van der Waals surface area contributed by atoms with E-state index in [1.807, 2.05) is 0 Å². The predicted molar refractivity (Wildman–Crippen MR) is 271 cm³/mol. The van der Waals surface area contributed by atoms with Gasteiger partial charge in [-0.3, -0.25) is 0 Å². The molecule has 0 amide bonds. The summed E-state index contributed by atoms with van der Waals surface area (Å²) in [5.74, 6) is 0. The summed E-state index contributed by atoms with van der Waals surface area (Å²) >= 11 is 0. The van der Waals surface area contributed by atoms with Crippen LogP contribution in [0.5, 0.6) is 0 Å². The summed E-state index contributed by atoms with van der Waals surface area (Å²) < 4.78 is 0. The van der Waals surface area contributed by atoms with Gasteiger partial charge in [-0.15, -0.1) is 0 Å². The molecule has 0 spiro atoms. The van der Waals surface area contributed by atoms with Crippen LogP contribution in [0.15, 0.2) is 273 Å². The number of para-hydroxylation sites is 5. The molecule has 0 fully saturated rings. The Labute approximate surface area is 377 Å². The molecule has 9 aromatic carbocycles. The highest BCUT2D eigenvalue weighted by atomic mass is 15.2. The molecule has 1 atom stereocenters. The average Bonchev–Trinajstić information content (AvgIpc) is 3.38. The molecule has 308 valence electrons. The van der Waals surface area contributed by atoms with E-state index in [9.17, 15) is 0 Å². The average molecular weight is 825 g/mol. The first kappa shape index (κ1) is 39.8. The summed E-state index contributed by atoms with van der Waals surface area (Å²) in [6, 6.07) is 88.8. The smallest absolute Gasteiger partial charge is 0.0559 e. The molecule has 10 rings (SSSR count). The Morgan fingerprint density at radius 1 is 0.250 bits per heavy atom. The van der Waals surface area contributed by atoms with Gasteiger partial charge in [0.2, 0.25) is 0 Å². The van der Waals surface area contributed by atoms with Gasteiger partial charge in [0.05, 0.1) is 6.04 Å². The number of nitrogens with zero attached hydrogens (tertiary/aromatic N) is 4. The summed E-state index contributed by atoms with van der Waals surface area (Å²) in [5, 5.41) is 0. The minimum atomic E-state index is 0.193. The van der Waals surface area contributed by atoms with Crippen LogP contribution in [0.3, 0.4) is 0 Å². The third kappa shape index (κ3) is 8.58. The van der Waals surface area contributed by atoms with Crippen LogP contribution in [-0.2, 0) is 0 Å². The molecule has 64 heavy (non-hydrogen) atoms. The Morgan fingerprint density at radius 2 is 0.500 bits per heavy atom. The van der Waals surface area contributed by atoms with Crippen LogP contribution >= 0.6 is 0 Å². The molecule has 0 saturated carbocycles. The monoisotopic (exact) mass is 824 g/mol. The second-order valence-corrected chi connectivity index (χ2v) is 15.8. The van der Waals surface area contributed by atoms with Crippen LogP contribution in [0, 0.1) is 0 Å². The number of anilines is 11. The topological polar surface area (TPSA) is 13.0 Å². The first-order valence-corrected chi connectivity index (χ1v) is 22.0. The molecule has 0 bridgehead atoms. The van der Waals surface area contributed by atoms with Crippen LogP contribution in [0.4, 0.5) is 62.6 Å². The maximum absolute atomic E-state index is 2.45. The van der Waals surface area contributed by atoms with Crippen LogP contribution in [0.2, 0.25) is 0 Å². The zero-order valence-corrected chi connectivity index (χ0v) is 35.6. The number of benzene rings is 9. The molecular formula is C60H48N4. The first-order valence-electron chi connectivity index (χ1n) is 22.0. The molecule has 0 N–H and O–H groups in total. The molecule has 4 heteroatoms. The fourth-order valence-electron chi connectivity index (χ4n) is 8.65. The van der Waals surface area contributed by atoms with E-state index in [0.717, 1.165) is 69.0 Å². The lowest BCUT2D eigenvalue weighted by atomic mass is 10.0. The van der Waals surface area contributed by atoms with Crippen molar-refractivity contribution in [1.82, 2.24) is 0 Å². The zero-order valence-electron chi connectivity index (χ0n) is 35.6. The lowest BCUT2D eigenvalue weighted by Gasteiger charge is -2.33. The molecular weight excluding hydrogens is 777 g/mol. The van der Waals surface area contributed by atoms with Crippen LogP contribution in [-0.4, -0.2) is 6.04 Å². The Bertz CT molecular complexity index is 2840. The lowest BCUT2D eigenvalue weighted by Crippen LogP contribution is -2.29. The third-order valence-corrected chi connectivity index (χ3v) is 11.7. The maximum Gasteiger partial charge on any atom is 0.0559 e. The van der Waals surface area contributed by atoms with Gasteiger partial charge in [-0.1, -0.05) is 140 Å². The standard InChI is InChI=1S/C60H48N4/c1-7-19-49(20-8-1)61(50-21-9-2-10-22-50)57-39-43-59(44-40-57)63(53-27-15-5-16-28-53)55-35-31-47(32-36-55)48-33-37-56(38-34-48)64(54-29-17-6-18-30-54)60-45-41-58(42-46-60)62(51-23-11-3-12-24-51)52-25-13-4-14-26-52/h1-29,31-46,54H,30H2. The van der Waals surface area contributed by atoms with Crippen molar-refractivity contribution in [1.29, 1.82) is 0 Å². The summed E-state index contributed by atoms with van der Waals surface area (Å²) in [6.45, 7) is 0. The van der Waals surface area contributed by atoms with Gasteiger partial charge in [-0.25, -0.2) is 0 Å². The second kappa shape index (κ2) is 18.7. The summed E-state index contributed by atoms with van der Waals surface area (Å²) in [5.41, 5.74) is 14.6. The number of allylic oxidation sites excluding steroid dienone is 2. The molecule has 0 radical (unpaired) electrons. The van der Waals surface area contributed by atoms with Crippen molar-refractivity contribution in [2.45, 2.75) is 12.5 Å². The predicted octanol–water partition coefficient (Wildman–Crippen LogP) is 16.8. The molecule has 0 aliphatic heterocycles. The van der Waals surface area contributed by atoms with Gasteiger partial charge in [0.15, 0.2) is 0 Å². The number of rotatable bonds is 13. The van der Waals surface area contributed by atoms with Gasteiger partial charge in [-0.05, 0) is 151 Å². The minimum Gasteiger partial charge on any atom is -0.334 e. The third-order valence-electron chi connectivity index (χ3n) is 11.7. The van der Waals surface area contributed by atoms with Gasteiger partial charge < -0.3 is 19.6 Å². The van der Waals surface area contributed by atoms with Crippen molar-refractivity contribution < 1.29 is 0 Å². The number of hydrogen-bond acceptors (Lipinski definition) is 4. The van der Waals surface area contributed by atoms with Crippen molar-refractivity contribution >= 4 is 62.6 Å². The maximum atomic E-state index is 2.45. The molecule has 1 unspecified atom stereocenters. The molecule has 9 aromatic rings. The van der Waals surface area contributed by atoms with E-state index in [2.05, 4.69) is 293 Å². The lowest BCUT2D eigenvalue weighted by molar-refractivity contribution is 0.785. The van der Waals surface area contributed by atoms with Crippen molar-refractivity contribution in [3.8, 4) is 11.1 Å². The van der Waals surface area contributed by atoms with E-state index in [0.29, 0.717) is 0 Å². The minimum absolute atomic E-state index is 0.193. The highest BCUT2D eigenvalue weighted by Gasteiger charge is 2.21. The second-order valence-electron chi connectivity index (χ2n) is 15.8. The van der Waals surface area contributed by atoms with Gasteiger partial charge in [0, 0.05) is 62.6 Å². The first-order chi connectivity index (χ1) is 31.8. The van der Waals surface area contributed by atoms with Crippen LogP contribution < -0.4 is 19.6 Å².